The van der Waals surface area contributed by atoms with E-state index in [1.807, 2.05) is 0 Å². The summed E-state index contributed by atoms with van der Waals surface area (Å²) in [5.74, 6) is -1.82. The van der Waals surface area contributed by atoms with Crippen molar-refractivity contribution < 1.29 is 13.5 Å². The minimum atomic E-state index is -0.915. The molecule has 2 rings (SSSR count). The van der Waals surface area contributed by atoms with Crippen LogP contribution in [-0.4, -0.2) is 17.1 Å². The molecule has 0 radical (unpaired) electrons. The molecule has 0 saturated heterocycles. The number of nitrogens with one attached hydrogen (secondary N) is 1. The van der Waals surface area contributed by atoms with Crippen LogP contribution in [0.15, 0.2) is 12.1 Å². The number of nitrogens with zero attached hydrogens (tertiary/aromatic N) is 1. The molecular weight excluding hydrogens is 178 g/mol. The van der Waals surface area contributed by atoms with Gasteiger partial charge in [-0.05, 0) is 0 Å². The molecule has 68 valence electrons. The Hall–Kier alpha value is -1.65. The maximum absolute atomic E-state index is 12.7. The monoisotopic (exact) mass is 184 g/mol. The molecule has 0 fully saturated rings. The van der Waals surface area contributed by atoms with E-state index in [2.05, 4.69) is 9.97 Å². The molecule has 0 saturated carbocycles. The molecule has 1 heterocycles. The number of hydrogen-bond acceptors (Lipinski definition) is 2. The van der Waals surface area contributed by atoms with Crippen molar-refractivity contribution in [3.05, 3.63) is 23.8 Å². The zero-order valence-electron chi connectivity index (χ0n) is 6.77. The first-order valence-electron chi connectivity index (χ1n) is 3.59. The summed E-state index contributed by atoms with van der Waals surface area (Å²) >= 11 is 0. The van der Waals surface area contributed by atoms with E-state index in [0.29, 0.717) is 11.0 Å². The van der Waals surface area contributed by atoms with Crippen LogP contribution in [0.3, 0.4) is 0 Å². The summed E-state index contributed by atoms with van der Waals surface area (Å²) in [6, 6.07) is 2.30. The van der Waals surface area contributed by atoms with E-state index in [4.69, 9.17) is 4.74 Å². The molecule has 5 heteroatoms. The summed E-state index contributed by atoms with van der Waals surface area (Å²) in [6.45, 7) is 0. The number of hydrogen-bond donors (Lipinski definition) is 1. The van der Waals surface area contributed by atoms with Crippen molar-refractivity contribution in [2.24, 2.45) is 0 Å². The molecular formula is C8H6F2N2O. The van der Waals surface area contributed by atoms with Crippen molar-refractivity contribution in [1.29, 1.82) is 0 Å². The van der Waals surface area contributed by atoms with Crippen LogP contribution in [0.2, 0.25) is 0 Å². The number of rotatable bonds is 1. The van der Waals surface area contributed by atoms with Gasteiger partial charge >= 0.3 is 0 Å². The standard InChI is InChI=1S/C8H6F2N2O/c1-13-8-11-6-2-4(9)5(10)3-7(6)12-8/h2-3H,1H3,(H,11,12). The maximum atomic E-state index is 12.7. The molecule has 2 aromatic rings. The van der Waals surface area contributed by atoms with Gasteiger partial charge in [-0.1, -0.05) is 0 Å². The first kappa shape index (κ1) is 7.97. The summed E-state index contributed by atoms with van der Waals surface area (Å²) < 4.78 is 30.2. The van der Waals surface area contributed by atoms with Crippen LogP contribution in [0.5, 0.6) is 6.01 Å². The molecule has 0 aliphatic heterocycles. The van der Waals surface area contributed by atoms with E-state index < -0.39 is 11.6 Å². The second-order valence-electron chi connectivity index (χ2n) is 2.53. The molecule has 1 N–H and O–H groups in total. The molecule has 0 aliphatic rings. The van der Waals surface area contributed by atoms with Gasteiger partial charge in [0.15, 0.2) is 11.6 Å². The van der Waals surface area contributed by atoms with Gasteiger partial charge in [-0.2, -0.15) is 4.98 Å². The first-order valence-corrected chi connectivity index (χ1v) is 3.59. The highest BCUT2D eigenvalue weighted by Gasteiger charge is 2.07. The number of halogens is 2. The second kappa shape index (κ2) is 2.69. The van der Waals surface area contributed by atoms with Crippen molar-refractivity contribution in [3.8, 4) is 6.01 Å². The molecule has 1 aromatic carbocycles. The largest absolute Gasteiger partial charge is 0.468 e. The van der Waals surface area contributed by atoms with Gasteiger partial charge in [-0.15, -0.1) is 0 Å². The molecule has 0 aliphatic carbocycles. The van der Waals surface area contributed by atoms with E-state index in [1.54, 1.807) is 0 Å². The van der Waals surface area contributed by atoms with E-state index in [-0.39, 0.29) is 6.01 Å². The average Bonchev–Trinajstić information content (AvgIpc) is 2.48. The Morgan fingerprint density at radius 1 is 1.31 bits per heavy atom. The molecule has 0 bridgehead atoms. The molecule has 0 unspecified atom stereocenters. The molecule has 0 spiro atoms. The van der Waals surface area contributed by atoms with Gasteiger partial charge in [0.2, 0.25) is 0 Å². The van der Waals surface area contributed by atoms with Gasteiger partial charge in [0.1, 0.15) is 0 Å². The molecule has 0 atom stereocenters. The summed E-state index contributed by atoms with van der Waals surface area (Å²) in [6.07, 6.45) is 0. The Kier molecular flexibility index (Phi) is 1.65. The highest BCUT2D eigenvalue weighted by atomic mass is 19.2. The first-order chi connectivity index (χ1) is 6.20. The fraction of sp³-hybridized carbons (Fsp3) is 0.125. The number of aromatic nitrogens is 2. The third-order valence-corrected chi connectivity index (χ3v) is 1.70. The summed E-state index contributed by atoms with van der Waals surface area (Å²) in [5.41, 5.74) is 0.756. The topological polar surface area (TPSA) is 37.9 Å². The number of aromatic amines is 1. The highest BCUT2D eigenvalue weighted by molar-refractivity contribution is 5.75. The van der Waals surface area contributed by atoms with Gasteiger partial charge < -0.3 is 9.72 Å². The number of fused-ring (bicyclic) bond motifs is 1. The Morgan fingerprint density at radius 3 is 2.69 bits per heavy atom. The van der Waals surface area contributed by atoms with Gasteiger partial charge in [0.05, 0.1) is 18.1 Å². The van der Waals surface area contributed by atoms with Crippen LogP contribution in [-0.2, 0) is 0 Å². The van der Waals surface area contributed by atoms with Crippen LogP contribution in [0.1, 0.15) is 0 Å². The molecule has 0 amide bonds. The third-order valence-electron chi connectivity index (χ3n) is 1.70. The van der Waals surface area contributed by atoms with E-state index in [0.717, 1.165) is 12.1 Å². The fourth-order valence-electron chi connectivity index (χ4n) is 1.08. The minimum Gasteiger partial charge on any atom is -0.468 e. The van der Waals surface area contributed by atoms with Crippen molar-refractivity contribution in [2.75, 3.05) is 7.11 Å². The zero-order valence-corrected chi connectivity index (χ0v) is 6.77. The van der Waals surface area contributed by atoms with Crippen molar-refractivity contribution in [1.82, 2.24) is 9.97 Å². The number of methoxy groups -OCH3 is 1. The fourth-order valence-corrected chi connectivity index (χ4v) is 1.08. The van der Waals surface area contributed by atoms with E-state index in [9.17, 15) is 8.78 Å². The summed E-state index contributed by atoms with van der Waals surface area (Å²) in [7, 11) is 1.42. The van der Waals surface area contributed by atoms with E-state index >= 15 is 0 Å². The van der Waals surface area contributed by atoms with E-state index in [1.165, 1.54) is 7.11 Å². The zero-order chi connectivity index (χ0) is 9.42. The Balaban J connectivity index is 2.70. The normalized spacial score (nSPS) is 10.7. The molecule has 1 aromatic heterocycles. The van der Waals surface area contributed by atoms with Gasteiger partial charge in [0.25, 0.3) is 6.01 Å². The highest BCUT2D eigenvalue weighted by Crippen LogP contribution is 2.18. The Morgan fingerprint density at radius 2 is 2.00 bits per heavy atom. The van der Waals surface area contributed by atoms with Crippen molar-refractivity contribution >= 4 is 11.0 Å². The summed E-state index contributed by atoms with van der Waals surface area (Å²) in [4.78, 5) is 6.52. The number of ether oxygens (including phenoxy) is 1. The lowest BCUT2D eigenvalue weighted by Crippen LogP contribution is -1.82. The van der Waals surface area contributed by atoms with Gasteiger partial charge in [-0.25, -0.2) is 8.78 Å². The Labute approximate surface area is 72.4 Å². The van der Waals surface area contributed by atoms with Crippen LogP contribution < -0.4 is 4.74 Å². The van der Waals surface area contributed by atoms with Crippen LogP contribution in [0.4, 0.5) is 8.78 Å². The Bertz CT molecular complexity index is 414. The third kappa shape index (κ3) is 1.22. The predicted molar refractivity (Wildman–Crippen MR) is 42.6 cm³/mol. The maximum Gasteiger partial charge on any atom is 0.294 e. The van der Waals surface area contributed by atoms with Crippen molar-refractivity contribution in [3.63, 3.8) is 0 Å². The molecule has 13 heavy (non-hydrogen) atoms. The quantitative estimate of drug-likeness (QED) is 0.734. The predicted octanol–water partition coefficient (Wildman–Crippen LogP) is 1.85. The van der Waals surface area contributed by atoms with Gasteiger partial charge in [-0.3, -0.25) is 0 Å². The lowest BCUT2D eigenvalue weighted by atomic mass is 10.3. The lowest BCUT2D eigenvalue weighted by Gasteiger charge is -1.90. The lowest BCUT2D eigenvalue weighted by molar-refractivity contribution is 0.386. The van der Waals surface area contributed by atoms with Gasteiger partial charge in [0, 0.05) is 12.1 Å². The van der Waals surface area contributed by atoms with Crippen LogP contribution in [0, 0.1) is 11.6 Å². The van der Waals surface area contributed by atoms with Crippen LogP contribution in [0.25, 0.3) is 11.0 Å². The number of benzene rings is 1. The second-order valence-corrected chi connectivity index (χ2v) is 2.53. The van der Waals surface area contributed by atoms with Crippen LogP contribution >= 0.6 is 0 Å². The average molecular weight is 184 g/mol. The number of H-pyrrole nitrogens is 1. The SMILES string of the molecule is COc1nc2cc(F)c(F)cc2[nH]1. The minimum absolute atomic E-state index is 0.236. The molecule has 3 nitrogen and oxygen atoms in total. The van der Waals surface area contributed by atoms with Crippen molar-refractivity contribution in [2.45, 2.75) is 0 Å². The smallest absolute Gasteiger partial charge is 0.294 e. The summed E-state index contributed by atoms with van der Waals surface area (Å²) in [5, 5.41) is 0. The number of imidazole rings is 1.